The van der Waals surface area contributed by atoms with Gasteiger partial charge in [0.05, 0.1) is 7.11 Å². The lowest BCUT2D eigenvalue weighted by atomic mass is 10.2. The first-order valence-corrected chi connectivity index (χ1v) is 2.57. The lowest BCUT2D eigenvalue weighted by Gasteiger charge is -2.00. The molecule has 1 aliphatic carbocycles. The molecule has 0 bridgehead atoms. The number of methoxy groups -OCH3 is 1. The Bertz CT molecular complexity index is 159. The second kappa shape index (κ2) is 2.39. The van der Waals surface area contributed by atoms with Gasteiger partial charge in [-0.05, 0) is 18.2 Å². The first-order chi connectivity index (χ1) is 3.93. The molecule has 0 radical (unpaired) electrons. The minimum atomic E-state index is 0.882. The fraction of sp³-hybridized carbons (Fsp3) is 0.286. The Hall–Kier alpha value is -0.940. The van der Waals surface area contributed by atoms with Gasteiger partial charge in [0.1, 0.15) is 5.76 Å². The summed E-state index contributed by atoms with van der Waals surface area (Å²) in [6.07, 6.45) is 6.59. The average Bonchev–Trinajstić information content (AvgIpc) is 1.90. The normalized spacial score (nSPS) is 15.9. The van der Waals surface area contributed by atoms with Gasteiger partial charge in [-0.3, -0.25) is 0 Å². The molecule has 8 heavy (non-hydrogen) atoms. The van der Waals surface area contributed by atoms with Crippen molar-refractivity contribution in [3.63, 3.8) is 0 Å². The van der Waals surface area contributed by atoms with E-state index >= 15 is 0 Å². The molecule has 42 valence electrons. The van der Waals surface area contributed by atoms with Crippen LogP contribution >= 0.6 is 0 Å². The summed E-state index contributed by atoms with van der Waals surface area (Å²) < 4.78 is 4.95. The van der Waals surface area contributed by atoms with Gasteiger partial charge in [0.25, 0.3) is 0 Å². The SMILES string of the molecule is COC1=CC=C=CC1. The van der Waals surface area contributed by atoms with Crippen LogP contribution in [0.2, 0.25) is 0 Å². The van der Waals surface area contributed by atoms with Crippen molar-refractivity contribution >= 4 is 0 Å². The van der Waals surface area contributed by atoms with Crippen LogP contribution in [0.1, 0.15) is 6.42 Å². The first-order valence-electron chi connectivity index (χ1n) is 2.57. The Morgan fingerprint density at radius 1 is 1.75 bits per heavy atom. The molecule has 0 N–H and O–H groups in total. The van der Waals surface area contributed by atoms with Crippen molar-refractivity contribution in [3.8, 4) is 0 Å². The van der Waals surface area contributed by atoms with E-state index in [0.717, 1.165) is 12.2 Å². The van der Waals surface area contributed by atoms with Crippen molar-refractivity contribution in [1.29, 1.82) is 0 Å². The maximum absolute atomic E-state index is 4.95. The quantitative estimate of drug-likeness (QED) is 0.464. The van der Waals surface area contributed by atoms with Crippen molar-refractivity contribution in [2.75, 3.05) is 7.11 Å². The molecule has 0 heterocycles. The van der Waals surface area contributed by atoms with E-state index in [-0.39, 0.29) is 0 Å². The van der Waals surface area contributed by atoms with Crippen molar-refractivity contribution in [1.82, 2.24) is 0 Å². The van der Waals surface area contributed by atoms with Gasteiger partial charge in [0.15, 0.2) is 0 Å². The molecule has 0 fully saturated rings. The number of hydrogen-bond donors (Lipinski definition) is 0. The van der Waals surface area contributed by atoms with Gasteiger partial charge in [0, 0.05) is 6.42 Å². The van der Waals surface area contributed by atoms with E-state index < -0.39 is 0 Å². The highest BCUT2D eigenvalue weighted by atomic mass is 16.5. The Morgan fingerprint density at radius 2 is 2.62 bits per heavy atom. The lowest BCUT2D eigenvalue weighted by molar-refractivity contribution is 0.284. The van der Waals surface area contributed by atoms with Gasteiger partial charge in [-0.1, -0.05) is 0 Å². The van der Waals surface area contributed by atoms with Crippen LogP contribution in [0.5, 0.6) is 0 Å². The second-order valence-corrected chi connectivity index (χ2v) is 1.58. The minimum absolute atomic E-state index is 0.882. The lowest BCUT2D eigenvalue weighted by Crippen LogP contribution is -1.84. The van der Waals surface area contributed by atoms with Crippen LogP contribution in [0.25, 0.3) is 0 Å². The molecule has 0 spiro atoms. The molecule has 0 saturated carbocycles. The maximum Gasteiger partial charge on any atom is 0.101 e. The van der Waals surface area contributed by atoms with E-state index in [1.54, 1.807) is 7.11 Å². The van der Waals surface area contributed by atoms with Crippen LogP contribution in [-0.4, -0.2) is 7.11 Å². The number of allylic oxidation sites excluding steroid dienone is 2. The zero-order chi connectivity index (χ0) is 5.82. The predicted molar refractivity (Wildman–Crippen MR) is 32.4 cm³/mol. The first kappa shape index (κ1) is 5.20. The summed E-state index contributed by atoms with van der Waals surface area (Å²) in [6, 6.07) is 0. The standard InChI is InChI=1S/C7H8O/c1-8-7-5-3-2-4-6-7/h3-5H,6H2,1H3. The maximum atomic E-state index is 4.95. The van der Waals surface area contributed by atoms with Gasteiger partial charge >= 0.3 is 0 Å². The molecule has 0 aromatic heterocycles. The summed E-state index contributed by atoms with van der Waals surface area (Å²) in [7, 11) is 1.68. The zero-order valence-electron chi connectivity index (χ0n) is 4.85. The van der Waals surface area contributed by atoms with E-state index in [4.69, 9.17) is 4.74 Å². The van der Waals surface area contributed by atoms with E-state index in [0.29, 0.717) is 0 Å². The van der Waals surface area contributed by atoms with Gasteiger partial charge in [-0.25, -0.2) is 0 Å². The molecular formula is C7H8O. The van der Waals surface area contributed by atoms with E-state index in [1.807, 2.05) is 18.2 Å². The van der Waals surface area contributed by atoms with Crippen LogP contribution in [0.3, 0.4) is 0 Å². The van der Waals surface area contributed by atoms with Crippen molar-refractivity contribution in [3.05, 3.63) is 29.7 Å². The van der Waals surface area contributed by atoms with Gasteiger partial charge in [-0.15, -0.1) is 5.73 Å². The third-order valence-electron chi connectivity index (χ3n) is 1.05. The fourth-order valence-electron chi connectivity index (χ4n) is 0.588. The molecule has 1 rings (SSSR count). The summed E-state index contributed by atoms with van der Waals surface area (Å²) in [5.41, 5.74) is 2.94. The van der Waals surface area contributed by atoms with E-state index in [9.17, 15) is 0 Å². The second-order valence-electron chi connectivity index (χ2n) is 1.58. The van der Waals surface area contributed by atoms with Crippen LogP contribution in [0, 0.1) is 0 Å². The van der Waals surface area contributed by atoms with Crippen LogP contribution in [0.4, 0.5) is 0 Å². The Morgan fingerprint density at radius 3 is 3.00 bits per heavy atom. The monoisotopic (exact) mass is 108 g/mol. The zero-order valence-corrected chi connectivity index (χ0v) is 4.85. The Labute approximate surface area is 49.0 Å². The molecule has 0 atom stereocenters. The summed E-state index contributed by atoms with van der Waals surface area (Å²) in [5.74, 6) is 1.00. The van der Waals surface area contributed by atoms with Gasteiger partial charge in [-0.2, -0.15) is 0 Å². The molecule has 1 aliphatic rings. The third kappa shape index (κ3) is 1.02. The topological polar surface area (TPSA) is 9.23 Å². The van der Waals surface area contributed by atoms with Crippen LogP contribution in [-0.2, 0) is 4.74 Å². The smallest absolute Gasteiger partial charge is 0.101 e. The summed E-state index contributed by atoms with van der Waals surface area (Å²) in [6.45, 7) is 0. The van der Waals surface area contributed by atoms with Crippen molar-refractivity contribution in [2.24, 2.45) is 0 Å². The fourth-order valence-corrected chi connectivity index (χ4v) is 0.588. The molecule has 1 heteroatoms. The van der Waals surface area contributed by atoms with E-state index in [2.05, 4.69) is 5.73 Å². The molecular weight excluding hydrogens is 100 g/mol. The van der Waals surface area contributed by atoms with Crippen LogP contribution < -0.4 is 0 Å². The summed E-state index contributed by atoms with van der Waals surface area (Å²) in [4.78, 5) is 0. The Balaban J connectivity index is 2.63. The largest absolute Gasteiger partial charge is 0.501 e. The predicted octanol–water partition coefficient (Wildman–Crippen LogP) is 1.63. The number of ether oxygens (including phenoxy) is 1. The molecule has 0 aliphatic heterocycles. The average molecular weight is 108 g/mol. The highest BCUT2D eigenvalue weighted by molar-refractivity contribution is 5.14. The van der Waals surface area contributed by atoms with Crippen molar-refractivity contribution < 1.29 is 4.74 Å². The minimum Gasteiger partial charge on any atom is -0.501 e. The van der Waals surface area contributed by atoms with Crippen molar-refractivity contribution in [2.45, 2.75) is 6.42 Å². The van der Waals surface area contributed by atoms with Gasteiger partial charge < -0.3 is 4.74 Å². The number of hydrogen-bond acceptors (Lipinski definition) is 1. The van der Waals surface area contributed by atoms with Gasteiger partial charge in [0.2, 0.25) is 0 Å². The third-order valence-corrected chi connectivity index (χ3v) is 1.05. The van der Waals surface area contributed by atoms with E-state index in [1.165, 1.54) is 0 Å². The summed E-state index contributed by atoms with van der Waals surface area (Å²) in [5, 5.41) is 0. The molecule has 0 aromatic rings. The molecule has 1 nitrogen and oxygen atoms in total. The molecule has 0 aromatic carbocycles. The highest BCUT2D eigenvalue weighted by Gasteiger charge is 1.90. The molecule has 0 saturated heterocycles. The summed E-state index contributed by atoms with van der Waals surface area (Å²) >= 11 is 0. The Kier molecular flexibility index (Phi) is 1.55. The molecule has 0 amide bonds. The highest BCUT2D eigenvalue weighted by Crippen LogP contribution is 2.05. The number of rotatable bonds is 1. The van der Waals surface area contributed by atoms with Crippen LogP contribution in [0.15, 0.2) is 29.7 Å². The molecule has 0 unspecified atom stereocenters.